The Morgan fingerprint density at radius 2 is 2.29 bits per heavy atom. The van der Waals surface area contributed by atoms with E-state index in [4.69, 9.17) is 21.1 Å². The number of esters is 1. The number of ether oxygens (including phenoxy) is 2. The quantitative estimate of drug-likeness (QED) is 0.801. The summed E-state index contributed by atoms with van der Waals surface area (Å²) >= 11 is 6.11. The van der Waals surface area contributed by atoms with Crippen molar-refractivity contribution in [3.05, 3.63) is 28.8 Å². The van der Waals surface area contributed by atoms with Gasteiger partial charge in [0.1, 0.15) is 5.75 Å². The molecule has 2 fully saturated rings. The standard InChI is InChI=1S/C15H16ClNO4/c1-2-20-13-4-3-9(5-12(13)16)14(18)17-6-10-8-21-15(19)11(10)7-17/h3-5,10-11H,2,6-8H2,1H3/t10-,11-/m1/s1. The Bertz CT molecular complexity index is 589. The monoisotopic (exact) mass is 309 g/mol. The van der Waals surface area contributed by atoms with Gasteiger partial charge >= 0.3 is 5.97 Å². The van der Waals surface area contributed by atoms with Gasteiger partial charge in [-0.1, -0.05) is 11.6 Å². The van der Waals surface area contributed by atoms with Crippen LogP contribution in [0.1, 0.15) is 17.3 Å². The van der Waals surface area contributed by atoms with Crippen molar-refractivity contribution >= 4 is 23.5 Å². The van der Waals surface area contributed by atoms with Crippen LogP contribution in [-0.2, 0) is 9.53 Å². The Morgan fingerprint density at radius 1 is 1.48 bits per heavy atom. The van der Waals surface area contributed by atoms with Crippen LogP contribution in [0.25, 0.3) is 0 Å². The number of rotatable bonds is 3. The van der Waals surface area contributed by atoms with Crippen molar-refractivity contribution in [1.82, 2.24) is 4.90 Å². The summed E-state index contributed by atoms with van der Waals surface area (Å²) in [6, 6.07) is 5.01. The lowest BCUT2D eigenvalue weighted by Crippen LogP contribution is -2.30. The molecule has 112 valence electrons. The molecule has 0 spiro atoms. The molecule has 21 heavy (non-hydrogen) atoms. The molecule has 2 aliphatic heterocycles. The number of benzene rings is 1. The summed E-state index contributed by atoms with van der Waals surface area (Å²) in [6.45, 7) is 3.78. The minimum absolute atomic E-state index is 0.109. The van der Waals surface area contributed by atoms with Gasteiger partial charge in [-0.15, -0.1) is 0 Å². The van der Waals surface area contributed by atoms with E-state index in [-0.39, 0.29) is 23.7 Å². The smallest absolute Gasteiger partial charge is 0.311 e. The first-order valence-electron chi connectivity index (χ1n) is 6.98. The van der Waals surface area contributed by atoms with Gasteiger partial charge in [0.05, 0.1) is 24.2 Å². The Labute approximate surface area is 127 Å². The van der Waals surface area contributed by atoms with Crippen LogP contribution < -0.4 is 4.74 Å². The first kappa shape index (κ1) is 14.2. The van der Waals surface area contributed by atoms with E-state index in [0.29, 0.717) is 42.6 Å². The van der Waals surface area contributed by atoms with E-state index < -0.39 is 0 Å². The van der Waals surface area contributed by atoms with E-state index >= 15 is 0 Å². The molecule has 3 rings (SSSR count). The summed E-state index contributed by atoms with van der Waals surface area (Å²) < 4.78 is 10.4. The number of hydrogen-bond acceptors (Lipinski definition) is 4. The maximum Gasteiger partial charge on any atom is 0.311 e. The number of nitrogens with zero attached hydrogens (tertiary/aromatic N) is 1. The molecule has 2 aliphatic rings. The fourth-order valence-electron chi connectivity index (χ4n) is 2.86. The molecule has 0 unspecified atom stereocenters. The average Bonchev–Trinajstić information content (AvgIpc) is 3.03. The topological polar surface area (TPSA) is 55.8 Å². The molecule has 0 aromatic heterocycles. The fraction of sp³-hybridized carbons (Fsp3) is 0.467. The molecule has 0 N–H and O–H groups in total. The van der Waals surface area contributed by atoms with Crippen molar-refractivity contribution in [3.8, 4) is 5.75 Å². The van der Waals surface area contributed by atoms with Gasteiger partial charge in [0.15, 0.2) is 0 Å². The third-order valence-corrected chi connectivity index (χ3v) is 4.24. The van der Waals surface area contributed by atoms with Crippen molar-refractivity contribution in [2.75, 3.05) is 26.3 Å². The van der Waals surface area contributed by atoms with Crippen LogP contribution in [-0.4, -0.2) is 43.1 Å². The SMILES string of the molecule is CCOc1ccc(C(=O)N2C[C@@H]3COC(=O)[C@@H]3C2)cc1Cl. The highest BCUT2D eigenvalue weighted by molar-refractivity contribution is 6.32. The first-order valence-corrected chi connectivity index (χ1v) is 7.36. The van der Waals surface area contributed by atoms with Gasteiger partial charge in [0.2, 0.25) is 0 Å². The number of carbonyl (C=O) groups is 2. The molecule has 2 saturated heterocycles. The first-order chi connectivity index (χ1) is 10.1. The van der Waals surface area contributed by atoms with Crippen LogP contribution in [0.15, 0.2) is 18.2 Å². The van der Waals surface area contributed by atoms with Gasteiger partial charge in [0, 0.05) is 24.6 Å². The van der Waals surface area contributed by atoms with Crippen molar-refractivity contribution < 1.29 is 19.1 Å². The van der Waals surface area contributed by atoms with Gasteiger partial charge in [0.25, 0.3) is 5.91 Å². The summed E-state index contributed by atoms with van der Waals surface area (Å²) in [4.78, 5) is 25.7. The van der Waals surface area contributed by atoms with E-state index in [9.17, 15) is 9.59 Å². The van der Waals surface area contributed by atoms with E-state index in [0.717, 1.165) is 0 Å². The van der Waals surface area contributed by atoms with Crippen LogP contribution in [0.5, 0.6) is 5.75 Å². The molecule has 5 nitrogen and oxygen atoms in total. The summed E-state index contributed by atoms with van der Waals surface area (Å²) in [7, 11) is 0. The second-order valence-corrected chi connectivity index (χ2v) is 5.69. The van der Waals surface area contributed by atoms with Crippen LogP contribution >= 0.6 is 11.6 Å². The molecule has 0 radical (unpaired) electrons. The molecular weight excluding hydrogens is 294 g/mol. The van der Waals surface area contributed by atoms with Crippen LogP contribution in [0.2, 0.25) is 5.02 Å². The molecule has 6 heteroatoms. The van der Waals surface area contributed by atoms with Crippen LogP contribution in [0.4, 0.5) is 0 Å². The van der Waals surface area contributed by atoms with Crippen LogP contribution in [0, 0.1) is 11.8 Å². The summed E-state index contributed by atoms with van der Waals surface area (Å²) in [5.41, 5.74) is 0.511. The predicted molar refractivity (Wildman–Crippen MR) is 76.5 cm³/mol. The predicted octanol–water partition coefficient (Wildman–Crippen LogP) is 1.98. The molecule has 0 bridgehead atoms. The molecule has 0 saturated carbocycles. The Morgan fingerprint density at radius 3 is 2.95 bits per heavy atom. The second kappa shape index (κ2) is 5.56. The van der Waals surface area contributed by atoms with Crippen molar-refractivity contribution in [1.29, 1.82) is 0 Å². The number of cyclic esters (lactones) is 1. The zero-order chi connectivity index (χ0) is 15.0. The Balaban J connectivity index is 1.74. The highest BCUT2D eigenvalue weighted by Crippen LogP contribution is 2.32. The minimum Gasteiger partial charge on any atom is -0.492 e. The van der Waals surface area contributed by atoms with E-state index in [1.165, 1.54) is 0 Å². The number of halogens is 1. The lowest BCUT2D eigenvalue weighted by Gasteiger charge is -2.17. The van der Waals surface area contributed by atoms with Crippen LogP contribution in [0.3, 0.4) is 0 Å². The maximum absolute atomic E-state index is 12.5. The number of likely N-dealkylation sites (tertiary alicyclic amines) is 1. The average molecular weight is 310 g/mol. The van der Waals surface area contributed by atoms with Crippen molar-refractivity contribution in [2.45, 2.75) is 6.92 Å². The van der Waals surface area contributed by atoms with Crippen molar-refractivity contribution in [3.63, 3.8) is 0 Å². The molecule has 1 aromatic carbocycles. The highest BCUT2D eigenvalue weighted by Gasteiger charge is 2.45. The van der Waals surface area contributed by atoms with Gasteiger partial charge in [-0.05, 0) is 25.1 Å². The zero-order valence-electron chi connectivity index (χ0n) is 11.7. The second-order valence-electron chi connectivity index (χ2n) is 5.28. The van der Waals surface area contributed by atoms with Gasteiger partial charge in [-0.25, -0.2) is 0 Å². The third kappa shape index (κ3) is 2.58. The number of hydrogen-bond donors (Lipinski definition) is 0. The van der Waals surface area contributed by atoms with Crippen molar-refractivity contribution in [2.24, 2.45) is 11.8 Å². The van der Waals surface area contributed by atoms with E-state index in [1.54, 1.807) is 23.1 Å². The fourth-order valence-corrected chi connectivity index (χ4v) is 3.09. The molecule has 1 aromatic rings. The molecule has 2 heterocycles. The highest BCUT2D eigenvalue weighted by atomic mass is 35.5. The van der Waals surface area contributed by atoms with Gasteiger partial charge in [-0.2, -0.15) is 0 Å². The number of carbonyl (C=O) groups excluding carboxylic acids is 2. The Hall–Kier alpha value is -1.75. The maximum atomic E-state index is 12.5. The van der Waals surface area contributed by atoms with Gasteiger partial charge < -0.3 is 14.4 Å². The minimum atomic E-state index is -0.194. The molecule has 0 aliphatic carbocycles. The lowest BCUT2D eigenvalue weighted by atomic mass is 10.0. The Kier molecular flexibility index (Phi) is 3.76. The zero-order valence-corrected chi connectivity index (χ0v) is 12.4. The molecular formula is C15H16ClNO4. The lowest BCUT2D eigenvalue weighted by molar-refractivity contribution is -0.141. The molecule has 1 amide bonds. The van der Waals surface area contributed by atoms with Gasteiger partial charge in [-0.3, -0.25) is 9.59 Å². The summed E-state index contributed by atoms with van der Waals surface area (Å²) in [5, 5.41) is 0.418. The normalized spacial score (nSPS) is 23.9. The van der Waals surface area contributed by atoms with E-state index in [2.05, 4.69) is 0 Å². The summed E-state index contributed by atoms with van der Waals surface area (Å²) in [6.07, 6.45) is 0. The summed E-state index contributed by atoms with van der Waals surface area (Å²) in [5.74, 6) is 0.214. The number of fused-ring (bicyclic) bond motifs is 1. The number of amides is 1. The molecule has 2 atom stereocenters. The van der Waals surface area contributed by atoms with E-state index in [1.807, 2.05) is 6.92 Å². The largest absolute Gasteiger partial charge is 0.492 e. The third-order valence-electron chi connectivity index (χ3n) is 3.95.